The molecule has 4 aromatic carbocycles. The zero-order chi connectivity index (χ0) is 41.0. The summed E-state index contributed by atoms with van der Waals surface area (Å²) < 4.78 is 178. The largest absolute Gasteiger partial charge is 0.417 e. The molecule has 0 fully saturated rings. The van der Waals surface area contributed by atoms with Crippen molar-refractivity contribution in [3.05, 3.63) is 106 Å². The number of halogens is 12. The number of rotatable bonds is 0. The van der Waals surface area contributed by atoms with E-state index in [-0.39, 0.29) is 56.0 Å². The van der Waals surface area contributed by atoms with Gasteiger partial charge in [-0.2, -0.15) is 52.7 Å². The van der Waals surface area contributed by atoms with Crippen LogP contribution in [0.3, 0.4) is 0 Å². The summed E-state index contributed by atoms with van der Waals surface area (Å²) in [5, 5.41) is -1.84. The molecule has 8 rings (SSSR count). The van der Waals surface area contributed by atoms with E-state index in [1.165, 1.54) is 45.2 Å². The van der Waals surface area contributed by atoms with Gasteiger partial charge in [0.2, 0.25) is 0 Å². The second kappa shape index (κ2) is 11.3. The van der Waals surface area contributed by atoms with Crippen LogP contribution in [0.5, 0.6) is 0 Å². The number of nitrogens with zero attached hydrogens (tertiary/aromatic N) is 2. The van der Waals surface area contributed by atoms with E-state index >= 15 is 0 Å². The van der Waals surface area contributed by atoms with Gasteiger partial charge in [-0.15, -0.1) is 0 Å². The third-order valence-electron chi connectivity index (χ3n) is 10.6. The lowest BCUT2D eigenvalue weighted by atomic mass is 9.85. The summed E-state index contributed by atoms with van der Waals surface area (Å²) >= 11 is 0. The molecule has 0 N–H and O–H groups in total. The molecule has 0 saturated carbocycles. The van der Waals surface area contributed by atoms with Crippen LogP contribution in [0.15, 0.2) is 72.8 Å². The van der Waals surface area contributed by atoms with Gasteiger partial charge >= 0.3 is 24.7 Å². The molecule has 0 aliphatic rings. The highest BCUT2D eigenvalue weighted by atomic mass is 19.4. The first-order valence-electron chi connectivity index (χ1n) is 17.3. The van der Waals surface area contributed by atoms with Crippen LogP contribution < -0.4 is 0 Å². The van der Waals surface area contributed by atoms with Crippen molar-refractivity contribution in [2.75, 3.05) is 0 Å². The Kier molecular flexibility index (Phi) is 7.59. The van der Waals surface area contributed by atoms with Gasteiger partial charge in [0.1, 0.15) is 0 Å². The van der Waals surface area contributed by atoms with Gasteiger partial charge < -0.3 is 8.80 Å². The maximum Gasteiger partial charge on any atom is 0.417 e. The number of fused-ring (bicyclic) bond motifs is 15. The van der Waals surface area contributed by atoms with Gasteiger partial charge in [0.05, 0.1) is 55.4 Å². The summed E-state index contributed by atoms with van der Waals surface area (Å²) in [7, 11) is 0. The SMILES string of the molecule is CC(C)(C)c1ccc2c(c1)c1c(C(F)(F)F)cc(C(F)(F)F)cc1c1cc3c(cc4c5cc(C(F)(F)F)cc(C(F)(F)F)c5c5cc(C(C)(C)C)ccc5n43)n21. The predicted octanol–water partition coefficient (Wildman–Crippen LogP) is 14.6. The lowest BCUT2D eigenvalue weighted by molar-refractivity contribution is -0.143. The number of alkyl halides is 12. The van der Waals surface area contributed by atoms with E-state index in [9.17, 15) is 52.7 Å². The quantitative estimate of drug-likeness (QED) is 0.107. The Bertz CT molecular complexity index is 2770. The van der Waals surface area contributed by atoms with Crippen molar-refractivity contribution in [3.63, 3.8) is 0 Å². The molecule has 0 unspecified atom stereocenters. The fourth-order valence-corrected chi connectivity index (χ4v) is 7.91. The normalized spacial score (nSPS) is 14.2. The fraction of sp³-hybridized carbons (Fsp3) is 0.286. The number of hydrogen-bond donors (Lipinski definition) is 0. The minimum Gasteiger partial charge on any atom is -0.307 e. The first-order chi connectivity index (χ1) is 25.6. The summed E-state index contributed by atoms with van der Waals surface area (Å²) in [5.74, 6) is 0. The molecule has 0 amide bonds. The average molecular weight is 791 g/mol. The number of pyridine rings is 2. The number of benzene rings is 4. The molecule has 0 atom stereocenters. The molecule has 2 nitrogen and oxygen atoms in total. The van der Waals surface area contributed by atoms with Gasteiger partial charge in [0, 0.05) is 32.3 Å². The predicted molar refractivity (Wildman–Crippen MR) is 193 cm³/mol. The van der Waals surface area contributed by atoms with Crippen LogP contribution in [0.25, 0.3) is 65.4 Å². The van der Waals surface area contributed by atoms with Crippen LogP contribution in [0.1, 0.15) is 74.9 Å². The van der Waals surface area contributed by atoms with Crippen molar-refractivity contribution in [1.29, 1.82) is 0 Å². The summed E-state index contributed by atoms with van der Waals surface area (Å²) in [4.78, 5) is 0. The molecule has 292 valence electrons. The Labute approximate surface area is 309 Å². The highest BCUT2D eigenvalue weighted by molar-refractivity contribution is 6.21. The lowest BCUT2D eigenvalue weighted by Crippen LogP contribution is -2.13. The second-order valence-electron chi connectivity index (χ2n) is 16.3. The van der Waals surface area contributed by atoms with Gasteiger partial charge in [-0.25, -0.2) is 0 Å². The smallest absolute Gasteiger partial charge is 0.307 e. The summed E-state index contributed by atoms with van der Waals surface area (Å²) in [6, 6.07) is 13.5. The van der Waals surface area contributed by atoms with E-state index in [1.54, 1.807) is 53.7 Å². The average Bonchev–Trinajstić information content (AvgIpc) is 3.61. The van der Waals surface area contributed by atoms with Gasteiger partial charge in [-0.05, 0) is 82.6 Å². The van der Waals surface area contributed by atoms with E-state index in [1.807, 2.05) is 0 Å². The third-order valence-corrected chi connectivity index (χ3v) is 10.6. The monoisotopic (exact) mass is 790 g/mol. The molecule has 14 heteroatoms. The molecule has 0 bridgehead atoms. The summed E-state index contributed by atoms with van der Waals surface area (Å²) in [5.41, 5.74) is -5.83. The molecule has 0 saturated heterocycles. The molecule has 0 radical (unpaired) electrons. The lowest BCUT2D eigenvalue weighted by Gasteiger charge is -2.22. The van der Waals surface area contributed by atoms with Crippen molar-refractivity contribution < 1.29 is 52.7 Å². The molecular formula is C42H30F12N2. The zero-order valence-corrected chi connectivity index (χ0v) is 30.4. The molecule has 0 aliphatic carbocycles. The van der Waals surface area contributed by atoms with Crippen LogP contribution in [-0.4, -0.2) is 8.80 Å². The van der Waals surface area contributed by atoms with E-state index in [0.717, 1.165) is 0 Å². The van der Waals surface area contributed by atoms with Gasteiger partial charge in [-0.1, -0.05) is 53.7 Å². The van der Waals surface area contributed by atoms with Crippen molar-refractivity contribution in [1.82, 2.24) is 8.80 Å². The number of hydrogen-bond acceptors (Lipinski definition) is 0. The maximum absolute atomic E-state index is 14.8. The molecule has 4 aromatic heterocycles. The maximum atomic E-state index is 14.8. The highest BCUT2D eigenvalue weighted by Gasteiger charge is 2.41. The zero-order valence-electron chi connectivity index (χ0n) is 30.4. The van der Waals surface area contributed by atoms with Crippen LogP contribution in [0.4, 0.5) is 52.7 Å². The molecule has 0 spiro atoms. The topological polar surface area (TPSA) is 8.82 Å². The van der Waals surface area contributed by atoms with Crippen LogP contribution in [0, 0.1) is 0 Å². The first kappa shape index (κ1) is 37.8. The van der Waals surface area contributed by atoms with Crippen LogP contribution >= 0.6 is 0 Å². The minimum atomic E-state index is -5.22. The van der Waals surface area contributed by atoms with Gasteiger partial charge in [-0.3, -0.25) is 0 Å². The molecule has 4 heterocycles. The second-order valence-corrected chi connectivity index (χ2v) is 16.3. The molecule has 0 aliphatic heterocycles. The van der Waals surface area contributed by atoms with E-state index in [2.05, 4.69) is 0 Å². The van der Waals surface area contributed by atoms with E-state index in [0.29, 0.717) is 23.3 Å². The third kappa shape index (κ3) is 5.64. The molecule has 8 aromatic rings. The van der Waals surface area contributed by atoms with Crippen LogP contribution in [-0.2, 0) is 35.5 Å². The number of aromatic nitrogens is 2. The van der Waals surface area contributed by atoms with Gasteiger partial charge in [0.25, 0.3) is 0 Å². The van der Waals surface area contributed by atoms with Crippen molar-refractivity contribution >= 4 is 65.4 Å². The van der Waals surface area contributed by atoms with E-state index in [4.69, 9.17) is 0 Å². The minimum absolute atomic E-state index is 0.0445. The Balaban J connectivity index is 1.69. The van der Waals surface area contributed by atoms with Crippen LogP contribution in [0.2, 0.25) is 0 Å². The van der Waals surface area contributed by atoms with Crippen molar-refractivity contribution in [2.45, 2.75) is 77.1 Å². The van der Waals surface area contributed by atoms with Gasteiger partial charge in [0.15, 0.2) is 0 Å². The highest BCUT2D eigenvalue weighted by Crippen LogP contribution is 2.49. The van der Waals surface area contributed by atoms with E-state index < -0.39 is 79.3 Å². The molecular weight excluding hydrogens is 760 g/mol. The summed E-state index contributed by atoms with van der Waals surface area (Å²) in [6.07, 6.45) is -20.8. The van der Waals surface area contributed by atoms with Crippen molar-refractivity contribution in [2.24, 2.45) is 0 Å². The summed E-state index contributed by atoms with van der Waals surface area (Å²) in [6.45, 7) is 10.8. The fourth-order valence-electron chi connectivity index (χ4n) is 7.91. The molecule has 56 heavy (non-hydrogen) atoms. The Morgan fingerprint density at radius 2 is 0.625 bits per heavy atom. The standard InChI is InChI=1S/C42H30F12N2/c1-37(2,3)19-7-9-29-23(11-19)35-25(13-21(39(43,44)45)15-27(35)41(49,50)51)31-17-34-33(55(29)31)18-32-26-14-22(40(46,47)48)16-28(42(52,53)54)36(26)24-12-20(38(4,5)6)8-10-30(24)56(32)34/h7-18H,1-6H3. The first-order valence-corrected chi connectivity index (χ1v) is 17.3. The van der Waals surface area contributed by atoms with Crippen molar-refractivity contribution in [3.8, 4) is 0 Å². The Hall–Kier alpha value is -5.14. The Morgan fingerprint density at radius 3 is 0.911 bits per heavy atom. The Morgan fingerprint density at radius 1 is 0.321 bits per heavy atom.